The molecule has 0 aromatic carbocycles. The molecule has 3 atom stereocenters. The van der Waals surface area contributed by atoms with Crippen LogP contribution >= 0.6 is 0 Å². The van der Waals surface area contributed by atoms with Crippen LogP contribution in [-0.2, 0) is 19.1 Å². The van der Waals surface area contributed by atoms with Gasteiger partial charge < -0.3 is 14.6 Å². The second-order valence-corrected chi connectivity index (χ2v) is 5.72. The average molecular weight is 310 g/mol. The lowest BCUT2D eigenvalue weighted by atomic mass is 9.77. The summed E-state index contributed by atoms with van der Waals surface area (Å²) < 4.78 is 10.2. The van der Waals surface area contributed by atoms with Gasteiger partial charge >= 0.3 is 0 Å². The first-order valence-electron chi connectivity index (χ1n) is 7.59. The number of ether oxygens (including phenoxy) is 2. The smallest absolute Gasteiger partial charge is 0.204 e. The molecule has 124 valence electrons. The largest absolute Gasteiger partial charge is 0.494 e. The molecule has 0 amide bonds. The summed E-state index contributed by atoms with van der Waals surface area (Å²) in [4.78, 5) is 23.7. The maximum atomic E-state index is 12.3. The molecule has 1 rings (SSSR count). The molecular formula is C17H26O5. The summed E-state index contributed by atoms with van der Waals surface area (Å²) in [6, 6.07) is 0. The Kier molecular flexibility index (Phi) is 6.81. The number of ketones is 2. The molecule has 0 aromatic heterocycles. The minimum atomic E-state index is -0.890. The van der Waals surface area contributed by atoms with Crippen LogP contribution in [-0.4, -0.2) is 37.0 Å². The quantitative estimate of drug-likeness (QED) is 0.731. The van der Waals surface area contributed by atoms with E-state index < -0.39 is 6.10 Å². The Morgan fingerprint density at radius 2 is 1.95 bits per heavy atom. The lowest BCUT2D eigenvalue weighted by Crippen LogP contribution is -2.40. The normalized spacial score (nSPS) is 26.2. The zero-order valence-corrected chi connectivity index (χ0v) is 14.0. The molecule has 1 N–H and O–H groups in total. The van der Waals surface area contributed by atoms with Gasteiger partial charge in [-0.15, -0.1) is 0 Å². The van der Waals surface area contributed by atoms with Gasteiger partial charge in [-0.05, 0) is 13.3 Å². The fourth-order valence-corrected chi connectivity index (χ4v) is 2.72. The van der Waals surface area contributed by atoms with E-state index in [1.165, 1.54) is 14.2 Å². The molecule has 3 unspecified atom stereocenters. The van der Waals surface area contributed by atoms with Crippen LogP contribution in [0.2, 0.25) is 0 Å². The topological polar surface area (TPSA) is 72.8 Å². The number of hydrogen-bond donors (Lipinski definition) is 1. The minimum Gasteiger partial charge on any atom is -0.494 e. The zero-order valence-electron chi connectivity index (χ0n) is 14.0. The van der Waals surface area contributed by atoms with E-state index in [0.29, 0.717) is 19.3 Å². The van der Waals surface area contributed by atoms with Crippen LogP contribution in [0.3, 0.4) is 0 Å². The molecule has 0 bridgehead atoms. The van der Waals surface area contributed by atoms with Gasteiger partial charge in [0.25, 0.3) is 0 Å². The van der Waals surface area contributed by atoms with Crippen molar-refractivity contribution in [3.63, 3.8) is 0 Å². The highest BCUT2D eigenvalue weighted by molar-refractivity contribution is 5.97. The summed E-state index contributed by atoms with van der Waals surface area (Å²) in [7, 11) is 2.81. The number of rotatable bonds is 7. The predicted molar refractivity (Wildman–Crippen MR) is 83.0 cm³/mol. The highest BCUT2D eigenvalue weighted by atomic mass is 16.5. The van der Waals surface area contributed by atoms with E-state index in [1.807, 2.05) is 19.9 Å². The molecule has 1 aliphatic rings. The van der Waals surface area contributed by atoms with E-state index in [9.17, 15) is 14.7 Å². The fraction of sp³-hybridized carbons (Fsp3) is 0.647. The molecule has 0 aliphatic heterocycles. The monoisotopic (exact) mass is 310 g/mol. The van der Waals surface area contributed by atoms with Crippen LogP contribution in [0, 0.1) is 11.8 Å². The van der Waals surface area contributed by atoms with Crippen molar-refractivity contribution in [2.24, 2.45) is 11.8 Å². The third-order valence-electron chi connectivity index (χ3n) is 4.21. The van der Waals surface area contributed by atoms with Gasteiger partial charge in [0.15, 0.2) is 5.76 Å². The number of carbonyl (C=O) groups is 2. The second kappa shape index (κ2) is 8.13. The zero-order chi connectivity index (χ0) is 16.9. The lowest BCUT2D eigenvalue weighted by Gasteiger charge is -2.33. The van der Waals surface area contributed by atoms with E-state index in [1.54, 1.807) is 6.92 Å². The van der Waals surface area contributed by atoms with Gasteiger partial charge in [0.05, 0.1) is 14.2 Å². The Labute approximate surface area is 132 Å². The first kappa shape index (κ1) is 18.4. The molecule has 0 saturated heterocycles. The van der Waals surface area contributed by atoms with Crippen molar-refractivity contribution in [2.75, 3.05) is 14.2 Å². The first-order valence-corrected chi connectivity index (χ1v) is 7.59. The van der Waals surface area contributed by atoms with Crippen LogP contribution in [0.15, 0.2) is 23.2 Å². The Morgan fingerprint density at radius 3 is 2.45 bits per heavy atom. The summed E-state index contributed by atoms with van der Waals surface area (Å²) in [5.41, 5.74) is 0.958. The van der Waals surface area contributed by atoms with Crippen molar-refractivity contribution in [1.82, 2.24) is 0 Å². The Hall–Kier alpha value is -1.62. The Balaban J connectivity index is 2.92. The van der Waals surface area contributed by atoms with E-state index >= 15 is 0 Å². The number of hydrogen-bond acceptors (Lipinski definition) is 5. The third-order valence-corrected chi connectivity index (χ3v) is 4.21. The van der Waals surface area contributed by atoms with E-state index in [-0.39, 0.29) is 34.9 Å². The number of Topliss-reactive ketones (excluding diaryl/α,β-unsaturated/α-hetero) is 2. The Morgan fingerprint density at radius 1 is 1.32 bits per heavy atom. The molecule has 0 spiro atoms. The number of aliphatic hydroxyl groups is 1. The summed E-state index contributed by atoms with van der Waals surface area (Å²) in [6.07, 6.45) is 2.48. The molecule has 0 aromatic rings. The minimum absolute atomic E-state index is 0.0978. The summed E-state index contributed by atoms with van der Waals surface area (Å²) >= 11 is 0. The number of aliphatic hydroxyl groups excluding tert-OH is 1. The van der Waals surface area contributed by atoms with Crippen LogP contribution in [0.1, 0.15) is 40.0 Å². The molecule has 0 heterocycles. The molecule has 0 fully saturated rings. The van der Waals surface area contributed by atoms with Gasteiger partial charge in [0, 0.05) is 24.7 Å². The number of allylic oxidation sites excluding steroid dienone is 3. The first-order chi connectivity index (χ1) is 10.4. The van der Waals surface area contributed by atoms with Crippen LogP contribution in [0.25, 0.3) is 0 Å². The molecule has 0 radical (unpaired) electrons. The van der Waals surface area contributed by atoms with Crippen molar-refractivity contribution in [3.8, 4) is 0 Å². The number of methoxy groups -OCH3 is 2. The lowest BCUT2D eigenvalue weighted by molar-refractivity contribution is -0.128. The standard InChI is InChI=1S/C17H26O5/c1-6-12(18)9-10(2)7-8-13-11(3)14(19)16(21-4)17(22-5)15(13)20/h7,11,13,15,20H,6,8-9H2,1-5H3/b10-7+. The van der Waals surface area contributed by atoms with Crippen LogP contribution in [0.5, 0.6) is 0 Å². The van der Waals surface area contributed by atoms with E-state index in [0.717, 1.165) is 5.57 Å². The van der Waals surface area contributed by atoms with Crippen molar-refractivity contribution in [1.29, 1.82) is 0 Å². The third kappa shape index (κ3) is 3.97. The van der Waals surface area contributed by atoms with E-state index in [2.05, 4.69) is 0 Å². The molecule has 0 saturated carbocycles. The highest BCUT2D eigenvalue weighted by Gasteiger charge is 2.42. The van der Waals surface area contributed by atoms with Gasteiger partial charge in [-0.3, -0.25) is 9.59 Å². The summed E-state index contributed by atoms with van der Waals surface area (Å²) in [5.74, 6) is -0.346. The maximum absolute atomic E-state index is 12.3. The molecule has 1 aliphatic carbocycles. The molecule has 5 heteroatoms. The summed E-state index contributed by atoms with van der Waals surface area (Å²) in [6.45, 7) is 5.51. The van der Waals surface area contributed by atoms with Gasteiger partial charge in [0.2, 0.25) is 11.5 Å². The van der Waals surface area contributed by atoms with Gasteiger partial charge in [-0.2, -0.15) is 0 Å². The SMILES string of the molecule is CCC(=O)C/C(C)=C/CC1C(C)C(=O)C(OC)=C(OC)C1O. The van der Waals surface area contributed by atoms with Crippen molar-refractivity contribution in [2.45, 2.75) is 46.1 Å². The maximum Gasteiger partial charge on any atom is 0.204 e. The predicted octanol–water partition coefficient (Wildman–Crippen LogP) is 2.39. The molecule has 22 heavy (non-hydrogen) atoms. The van der Waals surface area contributed by atoms with Gasteiger partial charge in [-0.1, -0.05) is 25.5 Å². The highest BCUT2D eigenvalue weighted by Crippen LogP contribution is 2.35. The van der Waals surface area contributed by atoms with Crippen molar-refractivity contribution < 1.29 is 24.2 Å². The molecular weight excluding hydrogens is 284 g/mol. The fourth-order valence-electron chi connectivity index (χ4n) is 2.72. The molecule has 5 nitrogen and oxygen atoms in total. The second-order valence-electron chi connectivity index (χ2n) is 5.72. The van der Waals surface area contributed by atoms with Crippen molar-refractivity contribution in [3.05, 3.63) is 23.2 Å². The average Bonchev–Trinajstić information content (AvgIpc) is 2.50. The van der Waals surface area contributed by atoms with Gasteiger partial charge in [0.1, 0.15) is 11.9 Å². The van der Waals surface area contributed by atoms with E-state index in [4.69, 9.17) is 9.47 Å². The summed E-state index contributed by atoms with van der Waals surface area (Å²) in [5, 5.41) is 10.4. The van der Waals surface area contributed by atoms with Crippen molar-refractivity contribution >= 4 is 11.6 Å². The number of carbonyl (C=O) groups excluding carboxylic acids is 2. The van der Waals surface area contributed by atoms with Crippen LogP contribution in [0.4, 0.5) is 0 Å². The van der Waals surface area contributed by atoms with Crippen LogP contribution < -0.4 is 0 Å². The van der Waals surface area contributed by atoms with Gasteiger partial charge in [-0.25, -0.2) is 0 Å². The Bertz CT molecular complexity index is 489.